The Bertz CT molecular complexity index is 398. The van der Waals surface area contributed by atoms with Crippen LogP contribution in [0.15, 0.2) is 0 Å². The van der Waals surface area contributed by atoms with Gasteiger partial charge in [0.05, 0.1) is 0 Å². The topological polar surface area (TPSA) is 506 Å². The van der Waals surface area contributed by atoms with E-state index in [9.17, 15) is 0 Å². The Morgan fingerprint density at radius 2 is 0.146 bits per heavy atom. The van der Waals surface area contributed by atoms with Gasteiger partial charge in [-0.2, -0.15) is 0 Å². The fourth-order valence-corrected chi connectivity index (χ4v) is 0. The zero-order valence-electron chi connectivity index (χ0n) is 29.8. The van der Waals surface area contributed by atoms with Crippen molar-refractivity contribution in [2.45, 2.75) is 0 Å². The van der Waals surface area contributed by atoms with Gasteiger partial charge in [-0.15, -0.1) is 0 Å². The normalized spacial score (nSPS) is 4.00. The van der Waals surface area contributed by atoms with Crippen LogP contribution in [0.2, 0.25) is 0 Å². The quantitative estimate of drug-likeness (QED) is 0.204. The first-order chi connectivity index (χ1) is 13.9. The van der Waals surface area contributed by atoms with E-state index < -0.39 is 49.2 Å². The van der Waals surface area contributed by atoms with Gasteiger partial charge in [0.1, 0.15) is 0 Å². The summed E-state index contributed by atoms with van der Waals surface area (Å²) in [6, 6.07) is 0. The molecule has 192 valence electrons. The second-order valence-corrected chi connectivity index (χ2v) is 2.00. The van der Waals surface area contributed by atoms with Gasteiger partial charge < -0.3 is 120 Å². The zero-order valence-corrected chi connectivity index (χ0v) is 61.8. The van der Waals surface area contributed by atoms with Crippen molar-refractivity contribution in [3.8, 4) is 0 Å². The van der Waals surface area contributed by atoms with E-state index in [1.54, 1.807) is 0 Å². The van der Waals surface area contributed by atoms with E-state index in [0.29, 0.717) is 0 Å². The molecule has 0 aromatic heterocycles. The zero-order chi connectivity index (χ0) is 28.6. The molecule has 48 heavy (non-hydrogen) atoms. The monoisotopic (exact) mass is 848 g/mol. The molecule has 0 bridgehead atoms. The maximum Gasteiger partial charge on any atom is 1.00 e. The summed E-state index contributed by atoms with van der Waals surface area (Å²) in [4.78, 5) is 66.7. The van der Waals surface area contributed by atoms with Gasteiger partial charge in [0.2, 0.25) is 0 Å². The number of carboxylic acid groups (broad SMARTS) is 16. The molecule has 0 radical (unpaired) electrons. The van der Waals surface area contributed by atoms with Gasteiger partial charge in [-0.3, -0.25) is 0 Å². The third-order valence-corrected chi connectivity index (χ3v) is 0. The Morgan fingerprint density at radius 3 is 0.146 bits per heavy atom. The predicted molar refractivity (Wildman–Crippen MR) is 43.2 cm³/mol. The predicted octanol–water partition coefficient (Wildman–Crippen LogP) is -67.5. The van der Waals surface area contributed by atoms with E-state index in [1.165, 1.54) is 0 Å². The molecule has 0 saturated heterocycles. The van der Waals surface area contributed by atoms with Crippen molar-refractivity contribution in [1.29, 1.82) is 0 Å². The number of carbonyl (C=O) groups is 8. The van der Waals surface area contributed by atoms with Gasteiger partial charge in [0, 0.05) is 0 Å². The Kier molecular flexibility index (Phi) is 524. The summed E-state index contributed by atoms with van der Waals surface area (Å²) in [5.74, 6) is 0. The van der Waals surface area contributed by atoms with E-state index >= 15 is 0 Å². The van der Waals surface area contributed by atoms with E-state index in [2.05, 4.69) is 0 Å². The van der Waals surface area contributed by atoms with Crippen LogP contribution in [0.4, 0.5) is 38.4 Å². The van der Waals surface area contributed by atoms with Crippen LogP contribution in [-0.4, -0.2) is 49.2 Å². The van der Waals surface area contributed by atoms with Crippen molar-refractivity contribution >= 4 is 49.2 Å². The Morgan fingerprint density at radius 1 is 0.146 bits per heavy atom. The molecule has 0 heterocycles. The molecule has 0 amide bonds. The smallest absolute Gasteiger partial charge is 0.652 e. The molecule has 0 unspecified atom stereocenters. The van der Waals surface area contributed by atoms with Gasteiger partial charge in [-0.05, 0) is 49.2 Å². The molecule has 0 aromatic carbocycles. The standard InChI is InChI=1S/8CH2O3.16Na/c8*2-1(3)4;;;;;;;;;;;;;;;;/h8*(H2,2,3,4);;;;;;;;;;;;;;;;/q;;;;;;;;16*+1/p-16. The molecule has 0 N–H and O–H groups in total. The second kappa shape index (κ2) is 154. The summed E-state index contributed by atoms with van der Waals surface area (Å²) >= 11 is 0. The molecule has 0 aromatic rings. The fraction of sp³-hybridized carbons (Fsp3) is 0. The molecular formula is C8Na16O24. The molecule has 0 saturated carbocycles. The molecule has 0 fully saturated rings. The third-order valence-electron chi connectivity index (χ3n) is 0. The molecular weight excluding hydrogens is 848 g/mol. The van der Waals surface area contributed by atoms with Crippen molar-refractivity contribution in [2.75, 3.05) is 0 Å². The largest absolute Gasteiger partial charge is 1.00 e. The summed E-state index contributed by atoms with van der Waals surface area (Å²) in [7, 11) is 0. The average molecular weight is 848 g/mol. The maximum atomic E-state index is 8.33. The molecule has 24 nitrogen and oxygen atoms in total. The summed E-state index contributed by atoms with van der Waals surface area (Å²) < 4.78 is 0. The molecule has 0 aliphatic heterocycles. The fourth-order valence-electron chi connectivity index (χ4n) is 0. The maximum absolute atomic E-state index is 8.33. The van der Waals surface area contributed by atoms with Crippen LogP contribution in [0.1, 0.15) is 0 Å². The van der Waals surface area contributed by atoms with Crippen LogP contribution >= 0.6 is 0 Å². The molecule has 0 aliphatic carbocycles. The molecule has 0 spiro atoms. The van der Waals surface area contributed by atoms with E-state index in [1.807, 2.05) is 0 Å². The van der Waals surface area contributed by atoms with E-state index in [0.717, 1.165) is 0 Å². The minimum Gasteiger partial charge on any atom is -0.652 e. The van der Waals surface area contributed by atoms with Gasteiger partial charge in [-0.25, -0.2) is 0 Å². The van der Waals surface area contributed by atoms with Crippen molar-refractivity contribution in [3.05, 3.63) is 0 Å². The van der Waals surface area contributed by atoms with Crippen LogP contribution in [0.5, 0.6) is 0 Å². The van der Waals surface area contributed by atoms with Crippen LogP contribution < -0.4 is 555 Å². The van der Waals surface area contributed by atoms with Crippen LogP contribution in [0.25, 0.3) is 0 Å². The number of hydrogen-bond donors (Lipinski definition) is 0. The molecule has 0 aliphatic rings. The van der Waals surface area contributed by atoms with Crippen LogP contribution in [-0.2, 0) is 0 Å². The van der Waals surface area contributed by atoms with E-state index in [4.69, 9.17) is 120 Å². The van der Waals surface area contributed by atoms with E-state index in [-0.39, 0.29) is 473 Å². The van der Waals surface area contributed by atoms with Crippen molar-refractivity contribution in [3.63, 3.8) is 0 Å². The summed E-state index contributed by atoms with van der Waals surface area (Å²) in [6.07, 6.45) is -18.7. The van der Waals surface area contributed by atoms with Gasteiger partial charge in [-0.1, -0.05) is 0 Å². The minimum absolute atomic E-state index is 0. The van der Waals surface area contributed by atoms with Crippen molar-refractivity contribution in [2.24, 2.45) is 0 Å². The molecule has 0 atom stereocenters. The van der Waals surface area contributed by atoms with Gasteiger partial charge >= 0.3 is 473 Å². The number of carbonyl (C=O) groups excluding carboxylic acids is 8. The summed E-state index contributed by atoms with van der Waals surface area (Å²) in [6.45, 7) is 0. The summed E-state index contributed by atoms with van der Waals surface area (Å²) in [5, 5.41) is 133. The van der Waals surface area contributed by atoms with Gasteiger partial charge in [0.15, 0.2) is 0 Å². The Hall–Kier alpha value is 10.2. The Labute approximate surface area is 625 Å². The number of hydrogen-bond acceptors (Lipinski definition) is 24. The minimum atomic E-state index is -2.33. The third kappa shape index (κ3) is 1660. The average Bonchev–Trinajstić information content (AvgIpc) is 2.30. The first-order valence-corrected chi connectivity index (χ1v) is 4.90. The Balaban J connectivity index is -0.00000000595. The summed E-state index contributed by atoms with van der Waals surface area (Å²) in [5.41, 5.74) is 0. The van der Waals surface area contributed by atoms with Crippen molar-refractivity contribution in [1.82, 2.24) is 0 Å². The van der Waals surface area contributed by atoms with Crippen molar-refractivity contribution < 1.29 is 593 Å². The number of rotatable bonds is 0. The molecule has 40 heteroatoms. The second-order valence-electron chi connectivity index (χ2n) is 2.00. The van der Waals surface area contributed by atoms with Gasteiger partial charge in [0.25, 0.3) is 0 Å². The molecule has 0 rings (SSSR count). The van der Waals surface area contributed by atoms with Crippen LogP contribution in [0.3, 0.4) is 0 Å². The first-order valence-electron chi connectivity index (χ1n) is 4.90. The SMILES string of the molecule is O=C([O-])[O-].O=C([O-])[O-].O=C([O-])[O-].O=C([O-])[O-].O=C([O-])[O-].O=C([O-])[O-].O=C([O-])[O-].O=C([O-])[O-].[Na+].[Na+].[Na+].[Na+].[Na+].[Na+].[Na+].[Na+].[Na+].[Na+].[Na+].[Na+].[Na+].[Na+].[Na+].[Na+]. The first kappa shape index (κ1) is 163. The van der Waals surface area contributed by atoms with Crippen LogP contribution in [0, 0.1) is 0 Å².